The summed E-state index contributed by atoms with van der Waals surface area (Å²) in [5.74, 6) is 1.73. The predicted octanol–water partition coefficient (Wildman–Crippen LogP) is 4.42. The minimum absolute atomic E-state index is 0.440. The summed E-state index contributed by atoms with van der Waals surface area (Å²) in [5, 5.41) is 3.65. The van der Waals surface area contributed by atoms with E-state index in [1.807, 2.05) is 19.2 Å². The van der Waals surface area contributed by atoms with Gasteiger partial charge in [0, 0.05) is 12.2 Å². The van der Waals surface area contributed by atoms with Crippen LogP contribution in [0.25, 0.3) is 0 Å². The van der Waals surface area contributed by atoms with E-state index in [1.54, 1.807) is 7.11 Å². The number of anilines is 1. The van der Waals surface area contributed by atoms with Gasteiger partial charge in [-0.3, -0.25) is 4.98 Å². The molecule has 1 saturated carbocycles. The lowest BCUT2D eigenvalue weighted by molar-refractivity contribution is 0.173. The summed E-state index contributed by atoms with van der Waals surface area (Å²) in [7, 11) is 1.71. The van der Waals surface area contributed by atoms with Gasteiger partial charge in [-0.2, -0.15) is 0 Å². The summed E-state index contributed by atoms with van der Waals surface area (Å²) in [6.45, 7) is 9.07. The van der Waals surface area contributed by atoms with Crippen molar-refractivity contribution in [2.24, 2.45) is 11.3 Å². The summed E-state index contributed by atoms with van der Waals surface area (Å²) >= 11 is 0. The van der Waals surface area contributed by atoms with Gasteiger partial charge in [0.2, 0.25) is 0 Å². The Morgan fingerprint density at radius 2 is 1.85 bits per heavy atom. The Hall–Kier alpha value is -1.25. The molecule has 0 atom stereocenters. The SMILES string of the molecule is COc1c(N[C@H]2CC[C@@H](C(C)(C)C)CC2)ccnc1C. The first kappa shape index (κ1) is 15.1. The molecule has 20 heavy (non-hydrogen) atoms. The number of ether oxygens (including phenoxy) is 1. The lowest BCUT2D eigenvalue weighted by Gasteiger charge is -2.37. The molecule has 0 aliphatic heterocycles. The minimum Gasteiger partial charge on any atom is -0.493 e. The highest BCUT2D eigenvalue weighted by Crippen LogP contribution is 2.39. The molecule has 1 aliphatic rings. The number of methoxy groups -OCH3 is 1. The number of nitrogens with zero attached hydrogens (tertiary/aromatic N) is 1. The van der Waals surface area contributed by atoms with Crippen molar-refractivity contribution in [2.75, 3.05) is 12.4 Å². The molecule has 0 unspecified atom stereocenters. The van der Waals surface area contributed by atoms with E-state index in [0.717, 1.165) is 23.0 Å². The summed E-state index contributed by atoms with van der Waals surface area (Å²) in [4.78, 5) is 4.28. The van der Waals surface area contributed by atoms with E-state index >= 15 is 0 Å². The maximum absolute atomic E-state index is 5.47. The van der Waals surface area contributed by atoms with E-state index in [2.05, 4.69) is 31.1 Å². The van der Waals surface area contributed by atoms with Crippen molar-refractivity contribution >= 4 is 5.69 Å². The first-order valence-electron chi connectivity index (χ1n) is 7.68. The second-order valence-corrected chi connectivity index (χ2v) is 7.04. The first-order chi connectivity index (χ1) is 9.41. The van der Waals surface area contributed by atoms with Gasteiger partial charge in [-0.1, -0.05) is 20.8 Å². The van der Waals surface area contributed by atoms with Gasteiger partial charge in [0.1, 0.15) is 0 Å². The molecule has 0 aromatic carbocycles. The fraction of sp³-hybridized carbons (Fsp3) is 0.706. The van der Waals surface area contributed by atoms with Crippen LogP contribution in [0.4, 0.5) is 5.69 Å². The van der Waals surface area contributed by atoms with Crippen molar-refractivity contribution in [3.8, 4) is 5.75 Å². The zero-order valence-corrected chi connectivity index (χ0v) is 13.5. The molecule has 1 heterocycles. The van der Waals surface area contributed by atoms with Gasteiger partial charge in [0.05, 0.1) is 18.5 Å². The zero-order valence-electron chi connectivity index (χ0n) is 13.5. The van der Waals surface area contributed by atoms with Crippen LogP contribution in [0.5, 0.6) is 5.75 Å². The molecule has 0 radical (unpaired) electrons. The maximum atomic E-state index is 5.47. The fourth-order valence-corrected chi connectivity index (χ4v) is 3.25. The highest BCUT2D eigenvalue weighted by molar-refractivity contribution is 5.58. The smallest absolute Gasteiger partial charge is 0.163 e. The molecule has 1 aromatic heterocycles. The Bertz CT molecular complexity index is 443. The molecule has 1 N–H and O–H groups in total. The standard InChI is InChI=1S/C17H28N2O/c1-12-16(20-5)15(10-11-18-12)19-14-8-6-13(7-9-14)17(2,3)4/h10-11,13-14H,6-9H2,1-5H3,(H,18,19)/t13-,14+. The summed E-state index contributed by atoms with van der Waals surface area (Å²) < 4.78 is 5.47. The van der Waals surface area contributed by atoms with Crippen LogP contribution in [0.3, 0.4) is 0 Å². The molecule has 112 valence electrons. The lowest BCUT2D eigenvalue weighted by Crippen LogP contribution is -2.31. The van der Waals surface area contributed by atoms with Gasteiger partial charge in [0.25, 0.3) is 0 Å². The molecule has 0 spiro atoms. The van der Waals surface area contributed by atoms with E-state index in [1.165, 1.54) is 25.7 Å². The third-order valence-electron chi connectivity index (χ3n) is 4.60. The number of rotatable bonds is 3. The number of hydrogen-bond acceptors (Lipinski definition) is 3. The first-order valence-corrected chi connectivity index (χ1v) is 7.68. The largest absolute Gasteiger partial charge is 0.493 e. The molecule has 0 saturated heterocycles. The number of aromatic nitrogens is 1. The van der Waals surface area contributed by atoms with Gasteiger partial charge in [-0.05, 0) is 50.0 Å². The number of aryl methyl sites for hydroxylation is 1. The summed E-state index contributed by atoms with van der Waals surface area (Å²) in [5.41, 5.74) is 2.47. The Morgan fingerprint density at radius 1 is 1.20 bits per heavy atom. The van der Waals surface area contributed by atoms with Crippen LogP contribution >= 0.6 is 0 Å². The molecule has 3 nitrogen and oxygen atoms in total. The fourth-order valence-electron chi connectivity index (χ4n) is 3.25. The minimum atomic E-state index is 0.440. The van der Waals surface area contributed by atoms with Gasteiger partial charge in [-0.15, -0.1) is 0 Å². The van der Waals surface area contributed by atoms with E-state index in [9.17, 15) is 0 Å². The van der Waals surface area contributed by atoms with Crippen LogP contribution in [0, 0.1) is 18.3 Å². The Labute approximate surface area is 123 Å². The van der Waals surface area contributed by atoms with Gasteiger partial charge < -0.3 is 10.1 Å². The van der Waals surface area contributed by atoms with Crippen molar-refractivity contribution < 1.29 is 4.74 Å². The second-order valence-electron chi connectivity index (χ2n) is 7.04. The average Bonchev–Trinajstić information content (AvgIpc) is 2.38. The van der Waals surface area contributed by atoms with Crippen LogP contribution < -0.4 is 10.1 Å². The van der Waals surface area contributed by atoms with E-state index in [4.69, 9.17) is 4.74 Å². The topological polar surface area (TPSA) is 34.1 Å². The van der Waals surface area contributed by atoms with E-state index in [0.29, 0.717) is 11.5 Å². The molecular weight excluding hydrogens is 248 g/mol. The van der Waals surface area contributed by atoms with Crippen LogP contribution in [-0.4, -0.2) is 18.1 Å². The van der Waals surface area contributed by atoms with Crippen molar-refractivity contribution in [1.82, 2.24) is 4.98 Å². The zero-order chi connectivity index (χ0) is 14.8. The molecule has 1 aromatic rings. The number of pyridine rings is 1. The lowest BCUT2D eigenvalue weighted by atomic mass is 9.71. The monoisotopic (exact) mass is 276 g/mol. The Balaban J connectivity index is 1.98. The third kappa shape index (κ3) is 3.44. The van der Waals surface area contributed by atoms with E-state index < -0.39 is 0 Å². The highest BCUT2D eigenvalue weighted by Gasteiger charge is 2.29. The average molecular weight is 276 g/mol. The molecule has 0 bridgehead atoms. The Kier molecular flexibility index (Phi) is 4.56. The molecule has 1 aliphatic carbocycles. The molecule has 1 fully saturated rings. The number of nitrogens with one attached hydrogen (secondary N) is 1. The molecule has 3 heteroatoms. The van der Waals surface area contributed by atoms with Crippen LogP contribution in [0.2, 0.25) is 0 Å². The van der Waals surface area contributed by atoms with Gasteiger partial charge in [0.15, 0.2) is 5.75 Å². The predicted molar refractivity (Wildman–Crippen MR) is 84.3 cm³/mol. The quantitative estimate of drug-likeness (QED) is 0.887. The summed E-state index contributed by atoms with van der Waals surface area (Å²) in [6, 6.07) is 2.58. The van der Waals surface area contributed by atoms with Crippen LogP contribution in [0.1, 0.15) is 52.1 Å². The molecular formula is C17H28N2O. The van der Waals surface area contributed by atoms with Gasteiger partial charge in [-0.25, -0.2) is 0 Å². The Morgan fingerprint density at radius 3 is 2.40 bits per heavy atom. The maximum Gasteiger partial charge on any atom is 0.163 e. The highest BCUT2D eigenvalue weighted by atomic mass is 16.5. The van der Waals surface area contributed by atoms with Crippen LogP contribution in [0.15, 0.2) is 12.3 Å². The number of hydrogen-bond donors (Lipinski definition) is 1. The van der Waals surface area contributed by atoms with Crippen molar-refractivity contribution in [3.05, 3.63) is 18.0 Å². The summed E-state index contributed by atoms with van der Waals surface area (Å²) in [6.07, 6.45) is 6.96. The van der Waals surface area contributed by atoms with Crippen molar-refractivity contribution in [2.45, 2.75) is 59.4 Å². The van der Waals surface area contributed by atoms with Crippen LogP contribution in [-0.2, 0) is 0 Å². The van der Waals surface area contributed by atoms with Crippen molar-refractivity contribution in [3.63, 3.8) is 0 Å². The molecule has 0 amide bonds. The van der Waals surface area contributed by atoms with Gasteiger partial charge >= 0.3 is 0 Å². The second kappa shape index (κ2) is 6.02. The van der Waals surface area contributed by atoms with E-state index in [-0.39, 0.29) is 0 Å². The third-order valence-corrected chi connectivity index (χ3v) is 4.60. The molecule has 2 rings (SSSR count). The normalized spacial score (nSPS) is 23.4. The van der Waals surface area contributed by atoms with Crippen molar-refractivity contribution in [1.29, 1.82) is 0 Å².